The number of nitro benzene ring substituents is 1. The van der Waals surface area contributed by atoms with Gasteiger partial charge in [-0.25, -0.2) is 12.8 Å². The highest BCUT2D eigenvalue weighted by atomic mass is 79.9. The van der Waals surface area contributed by atoms with Crippen molar-refractivity contribution >= 4 is 37.1 Å². The molecule has 1 heterocycles. The zero-order chi connectivity index (χ0) is 14.9. The maximum atomic E-state index is 13.3. The minimum Gasteiger partial charge on any atom is -0.379 e. The van der Waals surface area contributed by atoms with Gasteiger partial charge in [-0.1, -0.05) is 0 Å². The average molecular weight is 367 g/mol. The van der Waals surface area contributed by atoms with E-state index in [1.54, 1.807) is 0 Å². The second-order valence-corrected chi connectivity index (χ2v) is 7.77. The fourth-order valence-corrected chi connectivity index (χ4v) is 4.32. The first-order valence-corrected chi connectivity index (χ1v) is 8.47. The van der Waals surface area contributed by atoms with E-state index in [9.17, 15) is 22.9 Å². The predicted octanol–water partition coefficient (Wildman–Crippen LogP) is 2.34. The molecule has 0 spiro atoms. The zero-order valence-corrected chi connectivity index (χ0v) is 12.7. The Morgan fingerprint density at radius 1 is 1.50 bits per heavy atom. The van der Waals surface area contributed by atoms with Crippen LogP contribution in [-0.2, 0) is 9.84 Å². The van der Waals surface area contributed by atoms with Crippen molar-refractivity contribution in [2.75, 3.05) is 23.4 Å². The second kappa shape index (κ2) is 5.65. The standard InChI is InChI=1S/C11H12BrFN2O4S/c12-8-3-10(11(15(16)17)4-9(8)13)14-5-7-1-2-20(18,19)6-7/h3-4,7,14H,1-2,5-6H2. The number of benzene rings is 1. The van der Waals surface area contributed by atoms with Crippen LogP contribution in [0.3, 0.4) is 0 Å². The molecule has 1 aliphatic heterocycles. The molecule has 0 bridgehead atoms. The van der Waals surface area contributed by atoms with Gasteiger partial charge in [-0.3, -0.25) is 10.1 Å². The lowest BCUT2D eigenvalue weighted by Crippen LogP contribution is -2.16. The van der Waals surface area contributed by atoms with Crippen LogP contribution in [0.5, 0.6) is 0 Å². The molecule has 0 radical (unpaired) electrons. The van der Waals surface area contributed by atoms with Gasteiger partial charge in [-0.05, 0) is 34.3 Å². The molecule has 1 aliphatic rings. The highest BCUT2D eigenvalue weighted by Crippen LogP contribution is 2.31. The number of nitrogens with one attached hydrogen (secondary N) is 1. The molecule has 1 unspecified atom stereocenters. The molecule has 9 heteroatoms. The first kappa shape index (κ1) is 15.2. The first-order valence-electron chi connectivity index (χ1n) is 5.86. The maximum absolute atomic E-state index is 13.3. The summed E-state index contributed by atoms with van der Waals surface area (Å²) >= 11 is 2.97. The lowest BCUT2D eigenvalue weighted by Gasteiger charge is -2.11. The van der Waals surface area contributed by atoms with E-state index in [1.807, 2.05) is 0 Å². The Kier molecular flexibility index (Phi) is 4.28. The summed E-state index contributed by atoms with van der Waals surface area (Å²) < 4.78 is 36.1. The van der Waals surface area contributed by atoms with E-state index in [1.165, 1.54) is 6.07 Å². The first-order chi connectivity index (χ1) is 9.28. The van der Waals surface area contributed by atoms with Gasteiger partial charge in [0, 0.05) is 6.54 Å². The van der Waals surface area contributed by atoms with Gasteiger partial charge < -0.3 is 5.32 Å². The monoisotopic (exact) mass is 366 g/mol. The van der Waals surface area contributed by atoms with Crippen LogP contribution in [0.25, 0.3) is 0 Å². The van der Waals surface area contributed by atoms with Crippen molar-refractivity contribution in [2.45, 2.75) is 6.42 Å². The van der Waals surface area contributed by atoms with Crippen LogP contribution in [0.1, 0.15) is 6.42 Å². The van der Waals surface area contributed by atoms with Crippen LogP contribution in [0.2, 0.25) is 0 Å². The van der Waals surface area contributed by atoms with Gasteiger partial charge in [0.1, 0.15) is 11.5 Å². The quantitative estimate of drug-likeness (QED) is 0.652. The summed E-state index contributed by atoms with van der Waals surface area (Å²) in [7, 11) is -2.98. The largest absolute Gasteiger partial charge is 0.379 e. The molecule has 1 aromatic carbocycles. The average Bonchev–Trinajstić information content (AvgIpc) is 2.69. The number of nitrogens with zero attached hydrogens (tertiary/aromatic N) is 1. The predicted molar refractivity (Wildman–Crippen MR) is 76.0 cm³/mol. The van der Waals surface area contributed by atoms with Gasteiger partial charge in [0.05, 0.1) is 27.0 Å². The topological polar surface area (TPSA) is 89.3 Å². The Morgan fingerprint density at radius 2 is 2.20 bits per heavy atom. The Morgan fingerprint density at radius 3 is 2.75 bits per heavy atom. The lowest BCUT2D eigenvalue weighted by molar-refractivity contribution is -0.384. The number of rotatable bonds is 4. The molecule has 1 fully saturated rings. The van der Waals surface area contributed by atoms with E-state index in [0.29, 0.717) is 13.0 Å². The van der Waals surface area contributed by atoms with Crippen LogP contribution in [0.15, 0.2) is 16.6 Å². The molecule has 0 saturated carbocycles. The van der Waals surface area contributed by atoms with Crippen molar-refractivity contribution in [1.82, 2.24) is 0 Å². The van der Waals surface area contributed by atoms with Crippen molar-refractivity contribution in [3.05, 3.63) is 32.5 Å². The van der Waals surface area contributed by atoms with E-state index >= 15 is 0 Å². The summed E-state index contributed by atoms with van der Waals surface area (Å²) in [6.45, 7) is 0.304. The summed E-state index contributed by atoms with van der Waals surface area (Å²) in [6, 6.07) is 2.12. The molecule has 1 N–H and O–H groups in total. The minimum atomic E-state index is -2.98. The van der Waals surface area contributed by atoms with Crippen molar-refractivity contribution in [3.8, 4) is 0 Å². The molecule has 0 aliphatic carbocycles. The number of sulfone groups is 1. The molecular weight excluding hydrogens is 355 g/mol. The van der Waals surface area contributed by atoms with Gasteiger partial charge in [-0.15, -0.1) is 0 Å². The van der Waals surface area contributed by atoms with Crippen LogP contribution < -0.4 is 5.32 Å². The van der Waals surface area contributed by atoms with Crippen molar-refractivity contribution < 1.29 is 17.7 Å². The summed E-state index contributed by atoms with van der Waals surface area (Å²) in [4.78, 5) is 10.2. The van der Waals surface area contributed by atoms with Gasteiger partial charge in [-0.2, -0.15) is 0 Å². The van der Waals surface area contributed by atoms with E-state index in [-0.39, 0.29) is 33.3 Å². The normalized spacial score (nSPS) is 20.8. The van der Waals surface area contributed by atoms with Crippen LogP contribution in [-0.4, -0.2) is 31.4 Å². The Bertz CT molecular complexity index is 650. The molecule has 1 saturated heterocycles. The number of halogens is 2. The number of hydrogen-bond donors (Lipinski definition) is 1. The van der Waals surface area contributed by atoms with Gasteiger partial charge in [0.2, 0.25) is 0 Å². The highest BCUT2D eigenvalue weighted by Gasteiger charge is 2.28. The Balaban J connectivity index is 2.13. The third kappa shape index (κ3) is 3.45. The van der Waals surface area contributed by atoms with E-state index in [4.69, 9.17) is 0 Å². The van der Waals surface area contributed by atoms with Crippen LogP contribution >= 0.6 is 15.9 Å². The summed E-state index contributed by atoms with van der Waals surface area (Å²) in [5.41, 5.74) is -0.195. The SMILES string of the molecule is O=[N+]([O-])c1cc(F)c(Br)cc1NCC1CCS(=O)(=O)C1. The molecule has 1 aromatic rings. The Labute approximate surface area is 123 Å². The fourth-order valence-electron chi connectivity index (χ4n) is 2.12. The van der Waals surface area contributed by atoms with Crippen molar-refractivity contribution in [3.63, 3.8) is 0 Å². The second-order valence-electron chi connectivity index (χ2n) is 4.69. The third-order valence-corrected chi connectivity index (χ3v) is 5.59. The molecule has 6 nitrogen and oxygen atoms in total. The fraction of sp³-hybridized carbons (Fsp3) is 0.455. The van der Waals surface area contributed by atoms with Gasteiger partial charge >= 0.3 is 0 Å². The number of hydrogen-bond acceptors (Lipinski definition) is 5. The summed E-state index contributed by atoms with van der Waals surface area (Å²) in [5.74, 6) is -0.570. The molecule has 110 valence electrons. The van der Waals surface area contributed by atoms with Crippen LogP contribution in [0.4, 0.5) is 15.8 Å². The zero-order valence-electron chi connectivity index (χ0n) is 10.3. The summed E-state index contributed by atoms with van der Waals surface area (Å²) in [5, 5.41) is 13.7. The minimum absolute atomic E-state index is 0.0795. The van der Waals surface area contributed by atoms with E-state index in [0.717, 1.165) is 6.07 Å². The third-order valence-electron chi connectivity index (χ3n) is 3.14. The van der Waals surface area contributed by atoms with Crippen LogP contribution in [0, 0.1) is 21.8 Å². The molecule has 2 rings (SSSR count). The highest BCUT2D eigenvalue weighted by molar-refractivity contribution is 9.10. The van der Waals surface area contributed by atoms with Crippen molar-refractivity contribution in [2.24, 2.45) is 5.92 Å². The molecule has 1 atom stereocenters. The molecular formula is C11H12BrFN2O4S. The van der Waals surface area contributed by atoms with Crippen molar-refractivity contribution in [1.29, 1.82) is 0 Å². The van der Waals surface area contributed by atoms with E-state index < -0.39 is 20.6 Å². The van der Waals surface area contributed by atoms with E-state index in [2.05, 4.69) is 21.2 Å². The smallest absolute Gasteiger partial charge is 0.295 e. The molecule has 0 aromatic heterocycles. The molecule has 20 heavy (non-hydrogen) atoms. The Hall–Kier alpha value is -1.22. The molecule has 0 amide bonds. The summed E-state index contributed by atoms with van der Waals surface area (Å²) in [6.07, 6.45) is 0.533. The maximum Gasteiger partial charge on any atom is 0.295 e. The number of anilines is 1. The van der Waals surface area contributed by atoms with Gasteiger partial charge in [0.15, 0.2) is 9.84 Å². The number of nitro groups is 1. The van der Waals surface area contributed by atoms with Gasteiger partial charge in [0.25, 0.3) is 5.69 Å². The lowest BCUT2D eigenvalue weighted by atomic mass is 10.1.